The summed E-state index contributed by atoms with van der Waals surface area (Å²) in [4.78, 5) is 14.7. The molecule has 1 heterocycles. The molecule has 1 aromatic rings. The summed E-state index contributed by atoms with van der Waals surface area (Å²) in [5.41, 5.74) is 0. The number of ether oxygens (including phenoxy) is 1. The molecule has 0 saturated heterocycles. The Bertz CT molecular complexity index is 243. The third kappa shape index (κ3) is 2.35. The lowest BCUT2D eigenvalue weighted by atomic mass is 10.4. The van der Waals surface area contributed by atoms with Crippen LogP contribution in [0.25, 0.3) is 0 Å². The summed E-state index contributed by atoms with van der Waals surface area (Å²) >= 11 is 0. The molecule has 0 fully saturated rings. The standard InChI is InChI=1S/C7H10N2O3/c1-6(10)4-12-7(11)9-3-2-8-5-9/h2-3,5-6,10H,4H2,1H3. The fourth-order valence-electron chi connectivity index (χ4n) is 0.634. The average molecular weight is 170 g/mol. The van der Waals surface area contributed by atoms with E-state index in [4.69, 9.17) is 5.11 Å². The van der Waals surface area contributed by atoms with E-state index in [0.717, 1.165) is 0 Å². The van der Waals surface area contributed by atoms with Crippen LogP contribution < -0.4 is 0 Å². The molecule has 0 amide bonds. The molecule has 0 bridgehead atoms. The van der Waals surface area contributed by atoms with E-state index in [1.165, 1.54) is 23.3 Å². The summed E-state index contributed by atoms with van der Waals surface area (Å²) < 4.78 is 5.88. The second kappa shape index (κ2) is 3.87. The zero-order chi connectivity index (χ0) is 8.97. The van der Waals surface area contributed by atoms with Crippen molar-refractivity contribution >= 4 is 6.09 Å². The predicted molar refractivity (Wildman–Crippen MR) is 40.7 cm³/mol. The van der Waals surface area contributed by atoms with Crippen molar-refractivity contribution in [2.45, 2.75) is 13.0 Å². The Morgan fingerprint density at radius 1 is 1.83 bits per heavy atom. The predicted octanol–water partition coefficient (Wildman–Crippen LogP) is 0.249. The summed E-state index contributed by atoms with van der Waals surface area (Å²) in [7, 11) is 0. The highest BCUT2D eigenvalue weighted by Crippen LogP contribution is 1.91. The van der Waals surface area contributed by atoms with Gasteiger partial charge in [0, 0.05) is 12.4 Å². The number of nitrogens with zero attached hydrogens (tertiary/aromatic N) is 2. The first kappa shape index (κ1) is 8.73. The number of carbonyl (C=O) groups is 1. The summed E-state index contributed by atoms with van der Waals surface area (Å²) in [6.07, 6.45) is 3.11. The van der Waals surface area contributed by atoms with Gasteiger partial charge in [-0.15, -0.1) is 0 Å². The molecular weight excluding hydrogens is 160 g/mol. The second-order valence-electron chi connectivity index (χ2n) is 2.40. The molecule has 1 rings (SSSR count). The monoisotopic (exact) mass is 170 g/mol. The number of carbonyl (C=O) groups excluding carboxylic acids is 1. The maximum Gasteiger partial charge on any atom is 0.419 e. The van der Waals surface area contributed by atoms with Gasteiger partial charge in [-0.1, -0.05) is 0 Å². The average Bonchev–Trinajstić information content (AvgIpc) is 2.51. The molecule has 0 aliphatic heterocycles. The Hall–Kier alpha value is -1.36. The van der Waals surface area contributed by atoms with E-state index in [1.54, 1.807) is 6.92 Å². The van der Waals surface area contributed by atoms with Crippen LogP contribution in [0.15, 0.2) is 18.7 Å². The number of rotatable bonds is 2. The number of aromatic nitrogens is 2. The molecule has 1 aromatic heterocycles. The molecular formula is C7H10N2O3. The molecule has 0 aliphatic carbocycles. The molecule has 0 radical (unpaired) electrons. The van der Waals surface area contributed by atoms with E-state index in [-0.39, 0.29) is 6.61 Å². The molecule has 66 valence electrons. The van der Waals surface area contributed by atoms with Crippen molar-refractivity contribution in [1.29, 1.82) is 0 Å². The minimum absolute atomic E-state index is 0.00296. The topological polar surface area (TPSA) is 64.3 Å². The van der Waals surface area contributed by atoms with Gasteiger partial charge < -0.3 is 9.84 Å². The normalized spacial score (nSPS) is 12.5. The largest absolute Gasteiger partial charge is 0.446 e. The lowest BCUT2D eigenvalue weighted by molar-refractivity contribution is 0.0788. The van der Waals surface area contributed by atoms with Gasteiger partial charge in [0.25, 0.3) is 0 Å². The molecule has 0 saturated carbocycles. The highest BCUT2D eigenvalue weighted by Gasteiger charge is 2.05. The molecule has 5 nitrogen and oxygen atoms in total. The minimum atomic E-state index is -0.641. The SMILES string of the molecule is CC(O)COC(=O)n1ccnc1. The van der Waals surface area contributed by atoms with Crippen LogP contribution in [0.5, 0.6) is 0 Å². The second-order valence-corrected chi connectivity index (χ2v) is 2.40. The van der Waals surface area contributed by atoms with Crippen LogP contribution in [0.3, 0.4) is 0 Å². The van der Waals surface area contributed by atoms with Crippen molar-refractivity contribution in [2.24, 2.45) is 0 Å². The van der Waals surface area contributed by atoms with Crippen molar-refractivity contribution in [1.82, 2.24) is 9.55 Å². The highest BCUT2D eigenvalue weighted by atomic mass is 16.6. The van der Waals surface area contributed by atoms with E-state index in [2.05, 4.69) is 9.72 Å². The Kier molecular flexibility index (Phi) is 2.82. The molecule has 12 heavy (non-hydrogen) atoms. The van der Waals surface area contributed by atoms with Gasteiger partial charge in [-0.3, -0.25) is 0 Å². The molecule has 1 unspecified atom stereocenters. The maximum atomic E-state index is 11.0. The summed E-state index contributed by atoms with van der Waals surface area (Å²) in [6.45, 7) is 1.54. The fraction of sp³-hybridized carbons (Fsp3) is 0.429. The van der Waals surface area contributed by atoms with Crippen molar-refractivity contribution in [3.05, 3.63) is 18.7 Å². The van der Waals surface area contributed by atoms with Crippen LogP contribution in [0.1, 0.15) is 6.92 Å². The van der Waals surface area contributed by atoms with Gasteiger partial charge in [0.1, 0.15) is 12.9 Å². The van der Waals surface area contributed by atoms with Gasteiger partial charge in [0.05, 0.1) is 6.10 Å². The van der Waals surface area contributed by atoms with E-state index in [0.29, 0.717) is 0 Å². The Morgan fingerprint density at radius 2 is 2.58 bits per heavy atom. The summed E-state index contributed by atoms with van der Waals surface area (Å²) in [5.74, 6) is 0. The highest BCUT2D eigenvalue weighted by molar-refractivity contribution is 5.69. The Morgan fingerprint density at radius 3 is 3.08 bits per heavy atom. The van der Waals surface area contributed by atoms with Crippen molar-refractivity contribution < 1.29 is 14.6 Å². The van der Waals surface area contributed by atoms with Crippen molar-refractivity contribution in [2.75, 3.05) is 6.61 Å². The van der Waals surface area contributed by atoms with E-state index >= 15 is 0 Å². The number of imidazole rings is 1. The lowest BCUT2D eigenvalue weighted by Gasteiger charge is -2.05. The smallest absolute Gasteiger partial charge is 0.419 e. The molecule has 1 N–H and O–H groups in total. The third-order valence-electron chi connectivity index (χ3n) is 1.16. The zero-order valence-corrected chi connectivity index (χ0v) is 6.67. The van der Waals surface area contributed by atoms with Crippen LogP contribution in [0, 0.1) is 0 Å². The number of hydrogen-bond acceptors (Lipinski definition) is 4. The molecule has 0 spiro atoms. The Labute approximate surface area is 69.6 Å². The van der Waals surface area contributed by atoms with Crippen LogP contribution in [0.2, 0.25) is 0 Å². The first-order valence-electron chi connectivity index (χ1n) is 3.53. The van der Waals surface area contributed by atoms with E-state index < -0.39 is 12.2 Å². The van der Waals surface area contributed by atoms with Gasteiger partial charge in [-0.2, -0.15) is 0 Å². The summed E-state index contributed by atoms with van der Waals surface area (Å²) in [6, 6.07) is 0. The molecule has 5 heteroatoms. The first-order valence-corrected chi connectivity index (χ1v) is 3.53. The number of hydrogen-bond donors (Lipinski definition) is 1. The Balaban J connectivity index is 2.40. The third-order valence-corrected chi connectivity index (χ3v) is 1.16. The lowest BCUT2D eigenvalue weighted by Crippen LogP contribution is -2.18. The van der Waals surface area contributed by atoms with E-state index in [9.17, 15) is 4.79 Å². The number of aliphatic hydroxyl groups is 1. The van der Waals surface area contributed by atoms with Gasteiger partial charge in [-0.05, 0) is 6.92 Å². The van der Waals surface area contributed by atoms with Crippen LogP contribution in [-0.2, 0) is 4.74 Å². The van der Waals surface area contributed by atoms with E-state index in [1.807, 2.05) is 0 Å². The van der Waals surface area contributed by atoms with Crippen LogP contribution in [-0.4, -0.2) is 33.5 Å². The molecule has 0 aliphatic rings. The molecule has 0 aromatic carbocycles. The van der Waals surface area contributed by atoms with Gasteiger partial charge in [0.15, 0.2) is 0 Å². The number of aliphatic hydroxyl groups excluding tert-OH is 1. The van der Waals surface area contributed by atoms with Gasteiger partial charge in [-0.25, -0.2) is 14.3 Å². The van der Waals surface area contributed by atoms with Gasteiger partial charge >= 0.3 is 6.09 Å². The molecule has 1 atom stereocenters. The maximum absolute atomic E-state index is 11.0. The minimum Gasteiger partial charge on any atom is -0.446 e. The first-order chi connectivity index (χ1) is 5.70. The fourth-order valence-corrected chi connectivity index (χ4v) is 0.634. The van der Waals surface area contributed by atoms with Gasteiger partial charge in [0.2, 0.25) is 0 Å². The van der Waals surface area contributed by atoms with Crippen LogP contribution in [0.4, 0.5) is 4.79 Å². The zero-order valence-electron chi connectivity index (χ0n) is 6.67. The van der Waals surface area contributed by atoms with Crippen molar-refractivity contribution in [3.8, 4) is 0 Å². The van der Waals surface area contributed by atoms with Crippen LogP contribution >= 0.6 is 0 Å². The quantitative estimate of drug-likeness (QED) is 0.690. The van der Waals surface area contributed by atoms with Crippen molar-refractivity contribution in [3.63, 3.8) is 0 Å². The summed E-state index contributed by atoms with van der Waals surface area (Å²) in [5, 5.41) is 8.80.